The molecule has 180 valence electrons. The smallest absolute Gasteiger partial charge is 0.425 e. The minimum Gasteiger partial charge on any atom is -0.449 e. The van der Waals surface area contributed by atoms with Gasteiger partial charge in [0.2, 0.25) is 0 Å². The van der Waals surface area contributed by atoms with Crippen molar-refractivity contribution < 1.29 is 19.1 Å². The third-order valence-electron chi connectivity index (χ3n) is 4.75. The molecule has 0 saturated carbocycles. The summed E-state index contributed by atoms with van der Waals surface area (Å²) in [6, 6.07) is 9.52. The number of halogens is 1. The molecule has 9 heteroatoms. The van der Waals surface area contributed by atoms with Crippen molar-refractivity contribution in [2.75, 3.05) is 16.8 Å². The van der Waals surface area contributed by atoms with E-state index in [2.05, 4.69) is 31.2 Å². The van der Waals surface area contributed by atoms with Gasteiger partial charge < -0.3 is 14.8 Å². The van der Waals surface area contributed by atoms with E-state index in [1.807, 2.05) is 37.3 Å². The predicted octanol–water partition coefficient (Wildman–Crippen LogP) is 6.68. The van der Waals surface area contributed by atoms with Crippen LogP contribution in [0.5, 0.6) is 0 Å². The molecule has 8 nitrogen and oxygen atoms in total. The SMILES string of the molecule is CCCCOC(=O)N(C(=O)OC(C)(C)C)c1ncc(Br)c2cc(CNc3ccncc3)ccc12. The lowest BCUT2D eigenvalue weighted by Gasteiger charge is -2.26. The van der Waals surface area contributed by atoms with Gasteiger partial charge in [0.25, 0.3) is 0 Å². The van der Waals surface area contributed by atoms with E-state index in [0.29, 0.717) is 18.4 Å². The number of aromatic nitrogens is 2. The molecule has 34 heavy (non-hydrogen) atoms. The van der Waals surface area contributed by atoms with E-state index in [9.17, 15) is 9.59 Å². The Hall–Kier alpha value is -3.20. The molecule has 0 bridgehead atoms. The Bertz CT molecular complexity index is 1150. The molecule has 0 aliphatic rings. The number of amides is 2. The van der Waals surface area contributed by atoms with Gasteiger partial charge in [0.05, 0.1) is 6.61 Å². The number of unbranched alkanes of at least 4 members (excludes halogenated alkanes) is 1. The number of imide groups is 1. The number of nitrogens with zero attached hydrogens (tertiary/aromatic N) is 3. The summed E-state index contributed by atoms with van der Waals surface area (Å²) in [6.07, 6.45) is 4.90. The molecule has 0 aliphatic carbocycles. The maximum Gasteiger partial charge on any atom is 0.425 e. The first-order chi connectivity index (χ1) is 16.2. The molecular formula is C25H29BrN4O4. The molecule has 0 radical (unpaired) electrons. The molecule has 1 N–H and O–H groups in total. The Kier molecular flexibility index (Phi) is 8.44. The normalized spacial score (nSPS) is 11.2. The molecule has 2 amide bonds. The first kappa shape index (κ1) is 25.4. The number of anilines is 2. The molecule has 0 fully saturated rings. The second-order valence-corrected chi connectivity index (χ2v) is 9.54. The van der Waals surface area contributed by atoms with Gasteiger partial charge in [-0.05, 0) is 66.9 Å². The van der Waals surface area contributed by atoms with Crippen molar-refractivity contribution in [2.24, 2.45) is 0 Å². The number of hydrogen-bond donors (Lipinski definition) is 1. The zero-order valence-electron chi connectivity index (χ0n) is 19.8. The minimum atomic E-state index is -0.839. The van der Waals surface area contributed by atoms with Gasteiger partial charge in [-0.1, -0.05) is 25.5 Å². The van der Waals surface area contributed by atoms with Crippen molar-refractivity contribution in [1.82, 2.24) is 9.97 Å². The summed E-state index contributed by atoms with van der Waals surface area (Å²) in [5.41, 5.74) is 1.17. The fourth-order valence-electron chi connectivity index (χ4n) is 3.13. The molecule has 0 saturated heterocycles. The Morgan fingerprint density at radius 3 is 2.50 bits per heavy atom. The average molecular weight is 529 g/mol. The van der Waals surface area contributed by atoms with Gasteiger partial charge in [0.1, 0.15) is 5.60 Å². The van der Waals surface area contributed by atoms with Crippen molar-refractivity contribution in [1.29, 1.82) is 0 Å². The Balaban J connectivity index is 1.96. The molecule has 0 spiro atoms. The van der Waals surface area contributed by atoms with Crippen LogP contribution in [-0.2, 0) is 16.0 Å². The average Bonchev–Trinajstić information content (AvgIpc) is 2.79. The molecule has 1 aromatic carbocycles. The molecule has 0 aliphatic heterocycles. The van der Waals surface area contributed by atoms with Crippen LogP contribution < -0.4 is 10.2 Å². The maximum atomic E-state index is 13.0. The third-order valence-corrected chi connectivity index (χ3v) is 5.39. The minimum absolute atomic E-state index is 0.155. The van der Waals surface area contributed by atoms with Gasteiger partial charge in [-0.2, -0.15) is 4.90 Å². The second kappa shape index (κ2) is 11.3. The maximum absolute atomic E-state index is 13.0. The number of nitrogens with one attached hydrogen (secondary N) is 1. The number of ether oxygens (including phenoxy) is 2. The van der Waals surface area contributed by atoms with Crippen molar-refractivity contribution in [2.45, 2.75) is 52.7 Å². The van der Waals surface area contributed by atoms with Gasteiger partial charge in [0.15, 0.2) is 5.82 Å². The van der Waals surface area contributed by atoms with Crippen LogP contribution in [0.3, 0.4) is 0 Å². The summed E-state index contributed by atoms with van der Waals surface area (Å²) in [5.74, 6) is 0.155. The first-order valence-electron chi connectivity index (χ1n) is 11.1. The zero-order valence-corrected chi connectivity index (χ0v) is 21.4. The molecule has 2 heterocycles. The Morgan fingerprint density at radius 2 is 1.82 bits per heavy atom. The van der Waals surface area contributed by atoms with E-state index in [-0.39, 0.29) is 12.4 Å². The molecule has 2 aromatic heterocycles. The standard InChI is InChI=1S/C25H29BrN4O4/c1-5-6-13-33-23(31)30(24(32)34-25(2,3)4)22-19-8-7-17(14-20(19)21(26)16-29-22)15-28-18-9-11-27-12-10-18/h7-12,14,16H,5-6,13,15H2,1-4H3,(H,27,28). The number of fused-ring (bicyclic) bond motifs is 1. The van der Waals surface area contributed by atoms with Gasteiger partial charge in [-0.25, -0.2) is 14.6 Å². The van der Waals surface area contributed by atoms with Crippen LogP contribution in [0.1, 0.15) is 46.1 Å². The van der Waals surface area contributed by atoms with E-state index in [0.717, 1.165) is 32.4 Å². The predicted molar refractivity (Wildman–Crippen MR) is 136 cm³/mol. The lowest BCUT2D eigenvalue weighted by molar-refractivity contribution is 0.0567. The summed E-state index contributed by atoms with van der Waals surface area (Å²) >= 11 is 3.54. The third kappa shape index (κ3) is 6.66. The summed E-state index contributed by atoms with van der Waals surface area (Å²) in [5, 5.41) is 4.76. The van der Waals surface area contributed by atoms with Crippen LogP contribution in [0.25, 0.3) is 10.8 Å². The van der Waals surface area contributed by atoms with E-state index < -0.39 is 17.8 Å². The van der Waals surface area contributed by atoms with Gasteiger partial charge in [-0.15, -0.1) is 0 Å². The molecular weight excluding hydrogens is 500 g/mol. The highest BCUT2D eigenvalue weighted by Crippen LogP contribution is 2.32. The van der Waals surface area contributed by atoms with E-state index in [1.54, 1.807) is 39.4 Å². The van der Waals surface area contributed by atoms with Crippen molar-refractivity contribution >= 4 is 50.4 Å². The quantitative estimate of drug-likeness (QED) is 0.341. The largest absolute Gasteiger partial charge is 0.449 e. The number of pyridine rings is 2. The number of carbonyl (C=O) groups is 2. The zero-order chi connectivity index (χ0) is 24.7. The number of benzene rings is 1. The van der Waals surface area contributed by atoms with Crippen LogP contribution in [0, 0.1) is 0 Å². The van der Waals surface area contributed by atoms with Crippen LogP contribution in [0.4, 0.5) is 21.1 Å². The number of carbonyl (C=O) groups excluding carboxylic acids is 2. The highest BCUT2D eigenvalue weighted by molar-refractivity contribution is 9.10. The lowest BCUT2D eigenvalue weighted by atomic mass is 10.1. The van der Waals surface area contributed by atoms with Crippen LogP contribution in [-0.4, -0.2) is 34.4 Å². The monoisotopic (exact) mass is 528 g/mol. The first-order valence-corrected chi connectivity index (χ1v) is 11.9. The molecule has 3 rings (SSSR count). The number of hydrogen-bond acceptors (Lipinski definition) is 7. The van der Waals surface area contributed by atoms with E-state index >= 15 is 0 Å². The lowest BCUT2D eigenvalue weighted by Crippen LogP contribution is -2.42. The van der Waals surface area contributed by atoms with Crippen LogP contribution in [0.15, 0.2) is 53.4 Å². The molecule has 0 unspecified atom stereocenters. The van der Waals surface area contributed by atoms with Gasteiger partial charge >= 0.3 is 12.2 Å². The highest BCUT2D eigenvalue weighted by Gasteiger charge is 2.32. The van der Waals surface area contributed by atoms with Crippen molar-refractivity contribution in [3.8, 4) is 0 Å². The van der Waals surface area contributed by atoms with E-state index in [1.165, 1.54) is 0 Å². The second-order valence-electron chi connectivity index (χ2n) is 8.68. The fraction of sp³-hybridized carbons (Fsp3) is 0.360. The molecule has 0 atom stereocenters. The number of rotatable bonds is 7. The summed E-state index contributed by atoms with van der Waals surface area (Å²) in [6.45, 7) is 7.99. The fourth-order valence-corrected chi connectivity index (χ4v) is 3.56. The van der Waals surface area contributed by atoms with Crippen LogP contribution in [0.2, 0.25) is 0 Å². The van der Waals surface area contributed by atoms with Crippen molar-refractivity contribution in [3.63, 3.8) is 0 Å². The Labute approximate surface area is 207 Å². The Morgan fingerprint density at radius 1 is 1.09 bits per heavy atom. The summed E-state index contributed by atoms with van der Waals surface area (Å²) < 4.78 is 11.6. The van der Waals surface area contributed by atoms with Gasteiger partial charge in [-0.3, -0.25) is 4.98 Å². The van der Waals surface area contributed by atoms with Crippen molar-refractivity contribution in [3.05, 3.63) is 59.0 Å². The molecule has 3 aromatic rings. The van der Waals surface area contributed by atoms with E-state index in [4.69, 9.17) is 9.47 Å². The van der Waals surface area contributed by atoms with Crippen LogP contribution >= 0.6 is 15.9 Å². The summed E-state index contributed by atoms with van der Waals surface area (Å²) in [4.78, 5) is 35.2. The van der Waals surface area contributed by atoms with Gasteiger partial charge in [0, 0.05) is 46.1 Å². The highest BCUT2D eigenvalue weighted by atomic mass is 79.9. The topological polar surface area (TPSA) is 93.7 Å². The summed E-state index contributed by atoms with van der Waals surface area (Å²) in [7, 11) is 0.